The molecular formula is C17H17FN4. The fraction of sp³-hybridized carbons (Fsp3) is 0.176. The van der Waals surface area contributed by atoms with Crippen molar-refractivity contribution in [2.24, 2.45) is 5.73 Å². The van der Waals surface area contributed by atoms with Crippen LogP contribution < -0.4 is 5.73 Å². The molecule has 0 fully saturated rings. The zero-order chi connectivity index (χ0) is 15.5. The summed E-state index contributed by atoms with van der Waals surface area (Å²) in [6.45, 7) is 2.79. The summed E-state index contributed by atoms with van der Waals surface area (Å²) < 4.78 is 15.9. The number of aromatic nitrogens is 3. The van der Waals surface area contributed by atoms with Crippen LogP contribution in [0.5, 0.6) is 0 Å². The molecule has 0 aliphatic heterocycles. The van der Waals surface area contributed by atoms with E-state index in [1.165, 1.54) is 6.07 Å². The van der Waals surface area contributed by atoms with Gasteiger partial charge in [-0.15, -0.1) is 5.10 Å². The molecule has 4 nitrogen and oxygen atoms in total. The van der Waals surface area contributed by atoms with Crippen LogP contribution in [0.3, 0.4) is 0 Å². The van der Waals surface area contributed by atoms with Crippen molar-refractivity contribution in [1.82, 2.24) is 15.0 Å². The number of hydrogen-bond acceptors (Lipinski definition) is 3. The molecule has 112 valence electrons. The Hall–Kier alpha value is -2.53. The van der Waals surface area contributed by atoms with Gasteiger partial charge in [0, 0.05) is 12.1 Å². The Kier molecular flexibility index (Phi) is 3.98. The Labute approximate surface area is 128 Å². The average molecular weight is 296 g/mol. The Morgan fingerprint density at radius 1 is 1.09 bits per heavy atom. The molecule has 3 aromatic rings. The Morgan fingerprint density at radius 2 is 1.82 bits per heavy atom. The lowest BCUT2D eigenvalue weighted by atomic mass is 10.1. The molecule has 0 spiro atoms. The first-order valence-corrected chi connectivity index (χ1v) is 7.12. The van der Waals surface area contributed by atoms with Crippen LogP contribution in [0.1, 0.15) is 16.8 Å². The number of aryl methyl sites for hydroxylation is 1. The van der Waals surface area contributed by atoms with Crippen LogP contribution in [0.15, 0.2) is 48.5 Å². The molecule has 0 saturated heterocycles. The lowest BCUT2D eigenvalue weighted by Crippen LogP contribution is -2.07. The van der Waals surface area contributed by atoms with E-state index >= 15 is 0 Å². The SMILES string of the molecule is Cc1ccccc1Cn1nnc(CN)c1-c1ccccc1F. The van der Waals surface area contributed by atoms with E-state index in [0.29, 0.717) is 23.5 Å². The normalized spacial score (nSPS) is 10.9. The summed E-state index contributed by atoms with van der Waals surface area (Å²) in [5, 5.41) is 8.26. The fourth-order valence-corrected chi connectivity index (χ4v) is 2.49. The topological polar surface area (TPSA) is 56.7 Å². The standard InChI is InChI=1S/C17H17FN4/c1-12-6-2-3-7-13(12)11-22-17(16(10-19)20-21-22)14-8-4-5-9-15(14)18/h2-9H,10-11,19H2,1H3. The van der Waals surface area contributed by atoms with Crippen molar-refractivity contribution in [3.63, 3.8) is 0 Å². The van der Waals surface area contributed by atoms with E-state index in [2.05, 4.69) is 10.3 Å². The molecule has 0 aliphatic carbocycles. The third kappa shape index (κ3) is 2.63. The molecular weight excluding hydrogens is 279 g/mol. The molecule has 0 bridgehead atoms. The van der Waals surface area contributed by atoms with Gasteiger partial charge in [0.1, 0.15) is 11.5 Å². The van der Waals surface area contributed by atoms with E-state index in [9.17, 15) is 4.39 Å². The monoisotopic (exact) mass is 296 g/mol. The van der Waals surface area contributed by atoms with E-state index in [1.54, 1.807) is 22.9 Å². The summed E-state index contributed by atoms with van der Waals surface area (Å²) >= 11 is 0. The molecule has 0 aliphatic rings. The Morgan fingerprint density at radius 3 is 2.55 bits per heavy atom. The summed E-state index contributed by atoms with van der Waals surface area (Å²) in [5.74, 6) is -0.300. The first-order chi connectivity index (χ1) is 10.7. The van der Waals surface area contributed by atoms with E-state index in [0.717, 1.165) is 11.1 Å². The number of benzene rings is 2. The molecule has 2 N–H and O–H groups in total. The first-order valence-electron chi connectivity index (χ1n) is 7.12. The molecule has 1 aromatic heterocycles. The quantitative estimate of drug-likeness (QED) is 0.805. The van der Waals surface area contributed by atoms with Crippen molar-refractivity contribution in [1.29, 1.82) is 0 Å². The van der Waals surface area contributed by atoms with E-state index < -0.39 is 0 Å². The van der Waals surface area contributed by atoms with Gasteiger partial charge in [-0.1, -0.05) is 41.6 Å². The van der Waals surface area contributed by atoms with E-state index in [4.69, 9.17) is 5.73 Å². The lowest BCUT2D eigenvalue weighted by molar-refractivity contribution is 0.620. The van der Waals surface area contributed by atoms with Crippen molar-refractivity contribution in [2.45, 2.75) is 20.0 Å². The van der Waals surface area contributed by atoms with Gasteiger partial charge < -0.3 is 5.73 Å². The number of nitrogens with two attached hydrogens (primary N) is 1. The zero-order valence-electron chi connectivity index (χ0n) is 12.3. The van der Waals surface area contributed by atoms with Crippen molar-refractivity contribution >= 4 is 0 Å². The van der Waals surface area contributed by atoms with Crippen molar-refractivity contribution in [3.8, 4) is 11.3 Å². The van der Waals surface area contributed by atoms with Crippen molar-refractivity contribution < 1.29 is 4.39 Å². The Bertz CT molecular complexity index is 795. The van der Waals surface area contributed by atoms with Crippen molar-refractivity contribution in [2.75, 3.05) is 0 Å². The smallest absolute Gasteiger partial charge is 0.132 e. The highest BCUT2D eigenvalue weighted by atomic mass is 19.1. The molecule has 0 radical (unpaired) electrons. The summed E-state index contributed by atoms with van der Waals surface area (Å²) in [6.07, 6.45) is 0. The second kappa shape index (κ2) is 6.07. The van der Waals surface area contributed by atoms with Crippen LogP contribution in [0.2, 0.25) is 0 Å². The van der Waals surface area contributed by atoms with Crippen LogP contribution in [0, 0.1) is 12.7 Å². The predicted octanol–water partition coefficient (Wildman–Crippen LogP) is 2.90. The highest BCUT2D eigenvalue weighted by molar-refractivity contribution is 5.62. The van der Waals surface area contributed by atoms with Gasteiger partial charge in [-0.2, -0.15) is 0 Å². The summed E-state index contributed by atoms with van der Waals surface area (Å²) in [4.78, 5) is 0. The third-order valence-electron chi connectivity index (χ3n) is 3.71. The van der Waals surface area contributed by atoms with E-state index in [1.807, 2.05) is 31.2 Å². The minimum atomic E-state index is -0.300. The minimum Gasteiger partial charge on any atom is -0.325 e. The van der Waals surface area contributed by atoms with Gasteiger partial charge >= 0.3 is 0 Å². The molecule has 5 heteroatoms. The number of rotatable bonds is 4. The molecule has 3 rings (SSSR count). The van der Waals surface area contributed by atoms with Gasteiger partial charge in [-0.25, -0.2) is 9.07 Å². The van der Waals surface area contributed by atoms with Crippen molar-refractivity contribution in [3.05, 3.63) is 71.2 Å². The summed E-state index contributed by atoms with van der Waals surface area (Å²) in [5.41, 5.74) is 9.73. The molecule has 0 atom stereocenters. The second-order valence-electron chi connectivity index (χ2n) is 5.15. The third-order valence-corrected chi connectivity index (χ3v) is 3.71. The Balaban J connectivity index is 2.09. The number of nitrogens with zero attached hydrogens (tertiary/aromatic N) is 3. The largest absolute Gasteiger partial charge is 0.325 e. The van der Waals surface area contributed by atoms with Gasteiger partial charge in [0.15, 0.2) is 0 Å². The molecule has 2 aromatic carbocycles. The maximum atomic E-state index is 14.2. The highest BCUT2D eigenvalue weighted by Crippen LogP contribution is 2.26. The summed E-state index contributed by atoms with van der Waals surface area (Å²) in [6, 6.07) is 14.7. The second-order valence-corrected chi connectivity index (χ2v) is 5.15. The minimum absolute atomic E-state index is 0.220. The van der Waals surface area contributed by atoms with Crippen LogP contribution in [0.4, 0.5) is 4.39 Å². The average Bonchev–Trinajstić information content (AvgIpc) is 2.93. The summed E-state index contributed by atoms with van der Waals surface area (Å²) in [7, 11) is 0. The maximum absolute atomic E-state index is 14.2. The molecule has 22 heavy (non-hydrogen) atoms. The molecule has 1 heterocycles. The predicted molar refractivity (Wildman–Crippen MR) is 83.6 cm³/mol. The van der Waals surface area contributed by atoms with E-state index in [-0.39, 0.29) is 12.4 Å². The van der Waals surface area contributed by atoms with Crippen LogP contribution >= 0.6 is 0 Å². The van der Waals surface area contributed by atoms with Gasteiger partial charge in [-0.3, -0.25) is 0 Å². The fourth-order valence-electron chi connectivity index (χ4n) is 2.49. The van der Waals surface area contributed by atoms with Gasteiger partial charge in [-0.05, 0) is 30.2 Å². The number of hydrogen-bond donors (Lipinski definition) is 1. The molecule has 0 saturated carbocycles. The van der Waals surface area contributed by atoms with Gasteiger partial charge in [0.25, 0.3) is 0 Å². The lowest BCUT2D eigenvalue weighted by Gasteiger charge is -2.10. The molecule has 0 unspecified atom stereocenters. The van der Waals surface area contributed by atoms with Crippen LogP contribution in [-0.2, 0) is 13.1 Å². The van der Waals surface area contributed by atoms with Crippen LogP contribution in [0.25, 0.3) is 11.3 Å². The zero-order valence-corrected chi connectivity index (χ0v) is 12.3. The highest BCUT2D eigenvalue weighted by Gasteiger charge is 2.17. The van der Waals surface area contributed by atoms with Gasteiger partial charge in [0.2, 0.25) is 0 Å². The first kappa shape index (κ1) is 14.4. The van der Waals surface area contributed by atoms with Gasteiger partial charge in [0.05, 0.1) is 12.2 Å². The number of halogens is 1. The van der Waals surface area contributed by atoms with Crippen LogP contribution in [-0.4, -0.2) is 15.0 Å². The molecule has 0 amide bonds. The maximum Gasteiger partial charge on any atom is 0.132 e.